The monoisotopic (exact) mass is 425 g/mol. The van der Waals surface area contributed by atoms with E-state index in [1.807, 2.05) is 32.0 Å². The van der Waals surface area contributed by atoms with Gasteiger partial charge < -0.3 is 10.1 Å². The summed E-state index contributed by atoms with van der Waals surface area (Å²) >= 11 is 0. The Bertz CT molecular complexity index is 1160. The number of carbonyl (C=O) groups is 1. The molecule has 0 radical (unpaired) electrons. The molecule has 0 saturated carbocycles. The number of fused-ring (bicyclic) bond motifs is 1. The first-order chi connectivity index (χ1) is 14.3. The van der Waals surface area contributed by atoms with Crippen molar-refractivity contribution < 1.29 is 17.9 Å². The highest BCUT2D eigenvalue weighted by Crippen LogP contribution is 2.23. The van der Waals surface area contributed by atoms with Crippen molar-refractivity contribution >= 4 is 32.5 Å². The largest absolute Gasteiger partial charge is 0.373 e. The van der Waals surface area contributed by atoms with Crippen LogP contribution in [0.15, 0.2) is 65.7 Å². The molecule has 0 spiro atoms. The third-order valence-electron chi connectivity index (χ3n) is 5.01. The molecule has 7 nitrogen and oxygen atoms in total. The van der Waals surface area contributed by atoms with E-state index in [2.05, 4.69) is 10.3 Å². The summed E-state index contributed by atoms with van der Waals surface area (Å²) in [6.45, 7) is 4.36. The summed E-state index contributed by atoms with van der Waals surface area (Å²) in [6.07, 6.45) is 1.33. The van der Waals surface area contributed by atoms with Crippen molar-refractivity contribution in [2.45, 2.75) is 31.0 Å². The average Bonchev–Trinajstić information content (AvgIpc) is 2.73. The number of carbonyl (C=O) groups excluding carboxylic acids is 1. The number of benzene rings is 2. The summed E-state index contributed by atoms with van der Waals surface area (Å²) in [5.41, 5.74) is 1.59. The smallest absolute Gasteiger partial charge is 0.257 e. The van der Waals surface area contributed by atoms with Gasteiger partial charge in [-0.25, -0.2) is 8.42 Å². The van der Waals surface area contributed by atoms with Crippen LogP contribution in [0.3, 0.4) is 0 Å². The molecule has 1 amide bonds. The molecule has 1 aliphatic rings. The van der Waals surface area contributed by atoms with Crippen LogP contribution in [-0.2, 0) is 14.8 Å². The van der Waals surface area contributed by atoms with Gasteiger partial charge in [-0.1, -0.05) is 18.2 Å². The van der Waals surface area contributed by atoms with Gasteiger partial charge in [0, 0.05) is 30.4 Å². The molecule has 156 valence electrons. The summed E-state index contributed by atoms with van der Waals surface area (Å²) in [7, 11) is -3.62. The maximum absolute atomic E-state index is 13.0. The summed E-state index contributed by atoms with van der Waals surface area (Å²) in [4.78, 5) is 17.2. The van der Waals surface area contributed by atoms with Crippen molar-refractivity contribution in [3.05, 3.63) is 66.4 Å². The van der Waals surface area contributed by atoms with E-state index in [0.29, 0.717) is 29.9 Å². The standard InChI is InChI=1S/C22H23N3O4S/c1-15-13-25(14-16(2)29-15)30(27,28)19-10-8-18(9-11-19)24-22(26)20-7-3-5-17-6-4-12-23-21(17)20/h3-12,15-16H,13-14H2,1-2H3,(H,24,26)/t15-,16-/m1/s1. The molecule has 1 fully saturated rings. The Morgan fingerprint density at radius 1 is 1.03 bits per heavy atom. The van der Waals surface area contributed by atoms with Crippen LogP contribution in [-0.4, -0.2) is 48.9 Å². The number of hydrogen-bond acceptors (Lipinski definition) is 5. The minimum atomic E-state index is -3.62. The molecule has 1 saturated heterocycles. The first-order valence-electron chi connectivity index (χ1n) is 9.75. The number of rotatable bonds is 4. The van der Waals surface area contributed by atoms with Gasteiger partial charge in [-0.3, -0.25) is 9.78 Å². The molecule has 2 atom stereocenters. The van der Waals surface area contributed by atoms with Crippen molar-refractivity contribution in [1.29, 1.82) is 0 Å². The van der Waals surface area contributed by atoms with Gasteiger partial charge in [-0.05, 0) is 50.2 Å². The lowest BCUT2D eigenvalue weighted by Gasteiger charge is -2.34. The fourth-order valence-electron chi connectivity index (χ4n) is 3.67. The highest BCUT2D eigenvalue weighted by molar-refractivity contribution is 7.89. The van der Waals surface area contributed by atoms with Crippen molar-refractivity contribution in [2.24, 2.45) is 0 Å². The zero-order valence-corrected chi connectivity index (χ0v) is 17.6. The minimum absolute atomic E-state index is 0.156. The summed E-state index contributed by atoms with van der Waals surface area (Å²) < 4.78 is 33.0. The number of ether oxygens (including phenoxy) is 1. The van der Waals surface area contributed by atoms with E-state index >= 15 is 0 Å². The number of para-hydroxylation sites is 1. The summed E-state index contributed by atoms with van der Waals surface area (Å²) in [5.74, 6) is -0.300. The van der Waals surface area contributed by atoms with E-state index in [9.17, 15) is 13.2 Å². The highest BCUT2D eigenvalue weighted by Gasteiger charge is 2.32. The van der Waals surface area contributed by atoms with Crippen LogP contribution < -0.4 is 5.32 Å². The first kappa shape index (κ1) is 20.5. The molecular weight excluding hydrogens is 402 g/mol. The molecule has 1 N–H and O–H groups in total. The Balaban J connectivity index is 1.53. The lowest BCUT2D eigenvalue weighted by atomic mass is 10.1. The molecule has 1 aromatic heterocycles. The third kappa shape index (κ3) is 4.07. The Morgan fingerprint density at radius 3 is 2.40 bits per heavy atom. The molecular formula is C22H23N3O4S. The molecule has 3 aromatic rings. The van der Waals surface area contributed by atoms with Gasteiger partial charge in [-0.2, -0.15) is 4.31 Å². The fourth-order valence-corrected chi connectivity index (χ4v) is 5.26. The van der Waals surface area contributed by atoms with Gasteiger partial charge >= 0.3 is 0 Å². The van der Waals surface area contributed by atoms with Gasteiger partial charge in [0.05, 0.1) is 28.2 Å². The van der Waals surface area contributed by atoms with Crippen LogP contribution in [0.25, 0.3) is 10.9 Å². The van der Waals surface area contributed by atoms with E-state index in [1.54, 1.807) is 30.5 Å². The molecule has 0 aliphatic carbocycles. The van der Waals surface area contributed by atoms with Crippen LogP contribution in [0, 0.1) is 0 Å². The number of amides is 1. The predicted molar refractivity (Wildman–Crippen MR) is 115 cm³/mol. The van der Waals surface area contributed by atoms with E-state index in [0.717, 1.165) is 5.39 Å². The SMILES string of the molecule is C[C@@H]1CN(S(=O)(=O)c2ccc(NC(=O)c3cccc4cccnc34)cc2)C[C@@H](C)O1. The average molecular weight is 426 g/mol. The molecule has 30 heavy (non-hydrogen) atoms. The number of nitrogens with zero attached hydrogens (tertiary/aromatic N) is 2. The van der Waals surface area contributed by atoms with Gasteiger partial charge in [0.25, 0.3) is 5.91 Å². The molecule has 1 aliphatic heterocycles. The maximum atomic E-state index is 13.0. The van der Waals surface area contributed by atoms with Gasteiger partial charge in [0.1, 0.15) is 0 Å². The molecule has 0 bridgehead atoms. The Kier molecular flexibility index (Phi) is 5.55. The number of anilines is 1. The number of pyridine rings is 1. The second-order valence-electron chi connectivity index (χ2n) is 7.44. The van der Waals surface area contributed by atoms with Crippen molar-refractivity contribution in [3.63, 3.8) is 0 Å². The lowest BCUT2D eigenvalue weighted by molar-refractivity contribution is -0.0440. The van der Waals surface area contributed by atoms with Gasteiger partial charge in [-0.15, -0.1) is 0 Å². The molecule has 4 rings (SSSR count). The summed E-state index contributed by atoms with van der Waals surface area (Å²) in [5, 5.41) is 3.69. The van der Waals surface area contributed by atoms with Crippen LogP contribution >= 0.6 is 0 Å². The van der Waals surface area contributed by atoms with E-state index in [4.69, 9.17) is 4.74 Å². The predicted octanol–water partition coefficient (Wildman–Crippen LogP) is 3.29. The number of morpholine rings is 1. The van der Waals surface area contributed by atoms with Gasteiger partial charge in [0.2, 0.25) is 10.0 Å². The van der Waals surface area contributed by atoms with E-state index in [1.165, 1.54) is 16.4 Å². The van der Waals surface area contributed by atoms with E-state index in [-0.39, 0.29) is 23.0 Å². The second-order valence-corrected chi connectivity index (χ2v) is 9.38. The fraction of sp³-hybridized carbons (Fsp3) is 0.273. The quantitative estimate of drug-likeness (QED) is 0.693. The normalized spacial score (nSPS) is 20.2. The van der Waals surface area contributed by atoms with Crippen LogP contribution in [0.4, 0.5) is 5.69 Å². The zero-order chi connectivity index (χ0) is 21.3. The lowest BCUT2D eigenvalue weighted by Crippen LogP contribution is -2.48. The Morgan fingerprint density at radius 2 is 1.70 bits per heavy atom. The molecule has 2 heterocycles. The number of nitrogens with one attached hydrogen (secondary N) is 1. The van der Waals surface area contributed by atoms with Gasteiger partial charge in [0.15, 0.2) is 0 Å². The van der Waals surface area contributed by atoms with Crippen molar-refractivity contribution in [3.8, 4) is 0 Å². The Hall–Kier alpha value is -2.81. The minimum Gasteiger partial charge on any atom is -0.373 e. The van der Waals surface area contributed by atoms with Crippen molar-refractivity contribution in [1.82, 2.24) is 9.29 Å². The highest BCUT2D eigenvalue weighted by atomic mass is 32.2. The molecule has 2 aromatic carbocycles. The topological polar surface area (TPSA) is 88.6 Å². The number of hydrogen-bond donors (Lipinski definition) is 1. The molecule has 0 unspecified atom stereocenters. The number of aromatic nitrogens is 1. The maximum Gasteiger partial charge on any atom is 0.257 e. The van der Waals surface area contributed by atoms with E-state index < -0.39 is 10.0 Å². The third-order valence-corrected chi connectivity index (χ3v) is 6.86. The van der Waals surface area contributed by atoms with Crippen molar-refractivity contribution in [2.75, 3.05) is 18.4 Å². The number of sulfonamides is 1. The second kappa shape index (κ2) is 8.14. The first-order valence-corrected chi connectivity index (χ1v) is 11.2. The zero-order valence-electron chi connectivity index (χ0n) is 16.8. The van der Waals surface area contributed by atoms with Crippen LogP contribution in [0.1, 0.15) is 24.2 Å². The molecule has 8 heteroatoms. The van der Waals surface area contributed by atoms with Crippen LogP contribution in [0.5, 0.6) is 0 Å². The summed E-state index contributed by atoms with van der Waals surface area (Å²) in [6, 6.07) is 15.3. The Labute approximate surface area is 175 Å². The van der Waals surface area contributed by atoms with Crippen LogP contribution in [0.2, 0.25) is 0 Å².